The van der Waals surface area contributed by atoms with Crippen LogP contribution in [0.15, 0.2) is 28.7 Å². The van der Waals surface area contributed by atoms with E-state index in [-0.39, 0.29) is 5.82 Å². The minimum atomic E-state index is -0.265. The Balaban J connectivity index is 2.00. The van der Waals surface area contributed by atoms with Crippen LogP contribution < -0.4 is 0 Å². The largest absolute Gasteiger partial charge is 0.458 e. The molecule has 0 radical (unpaired) electrons. The zero-order valence-electron chi connectivity index (χ0n) is 10.2. The summed E-state index contributed by atoms with van der Waals surface area (Å²) in [5.74, 6) is 1.04. The number of rotatable bonds is 1. The summed E-state index contributed by atoms with van der Waals surface area (Å²) < 4.78 is 19.4. The second-order valence-electron chi connectivity index (χ2n) is 5.07. The van der Waals surface area contributed by atoms with Crippen LogP contribution in [0.25, 0.3) is 11.0 Å². The van der Waals surface area contributed by atoms with Crippen LogP contribution in [0.5, 0.6) is 0 Å². The van der Waals surface area contributed by atoms with Crippen molar-refractivity contribution in [3.63, 3.8) is 0 Å². The molecule has 0 bridgehead atoms. The van der Waals surface area contributed by atoms with Crippen LogP contribution in [0.1, 0.15) is 43.8 Å². The first-order valence-electron chi connectivity index (χ1n) is 6.58. The van der Waals surface area contributed by atoms with Gasteiger partial charge < -0.3 is 4.42 Å². The lowest BCUT2D eigenvalue weighted by Crippen LogP contribution is -2.09. The lowest BCUT2D eigenvalue weighted by atomic mass is 9.97. The van der Waals surface area contributed by atoms with Gasteiger partial charge in [-0.15, -0.1) is 0 Å². The van der Waals surface area contributed by atoms with Gasteiger partial charge in [0, 0.05) is 16.1 Å². The molecule has 1 aromatic heterocycles. The number of furan rings is 1. The smallest absolute Gasteiger partial charge is 0.169 e. The van der Waals surface area contributed by atoms with Gasteiger partial charge >= 0.3 is 0 Å². The van der Waals surface area contributed by atoms with Crippen LogP contribution in [0.4, 0.5) is 4.39 Å². The van der Waals surface area contributed by atoms with Crippen molar-refractivity contribution in [1.82, 2.24) is 0 Å². The maximum absolute atomic E-state index is 13.6. The van der Waals surface area contributed by atoms with Gasteiger partial charge in [-0.1, -0.05) is 47.3 Å². The van der Waals surface area contributed by atoms with E-state index in [4.69, 9.17) is 4.42 Å². The van der Waals surface area contributed by atoms with Crippen molar-refractivity contribution in [3.8, 4) is 0 Å². The average Bonchev–Trinajstić information content (AvgIpc) is 2.67. The Morgan fingerprint density at radius 3 is 2.83 bits per heavy atom. The van der Waals surface area contributed by atoms with E-state index >= 15 is 0 Å². The molecule has 18 heavy (non-hydrogen) atoms. The molecule has 0 saturated heterocycles. The summed E-state index contributed by atoms with van der Waals surface area (Å²) in [6.07, 6.45) is 6.07. The van der Waals surface area contributed by atoms with Gasteiger partial charge in [-0.2, -0.15) is 0 Å². The van der Waals surface area contributed by atoms with E-state index in [1.54, 1.807) is 6.07 Å². The van der Waals surface area contributed by atoms with Gasteiger partial charge in [-0.05, 0) is 25.0 Å². The minimum Gasteiger partial charge on any atom is -0.458 e. The summed E-state index contributed by atoms with van der Waals surface area (Å²) in [5.41, 5.74) is 0.399. The van der Waals surface area contributed by atoms with E-state index in [1.165, 1.54) is 31.7 Å². The lowest BCUT2D eigenvalue weighted by Gasteiger charge is -2.16. The van der Waals surface area contributed by atoms with Gasteiger partial charge in [0.05, 0.1) is 0 Å². The zero-order valence-corrected chi connectivity index (χ0v) is 11.7. The Labute approximate surface area is 114 Å². The first-order valence-corrected chi connectivity index (χ1v) is 7.49. The average molecular weight is 311 g/mol. The topological polar surface area (TPSA) is 13.1 Å². The minimum absolute atomic E-state index is 0.265. The Morgan fingerprint density at radius 1 is 1.17 bits per heavy atom. The fraction of sp³-hybridized carbons (Fsp3) is 0.467. The van der Waals surface area contributed by atoms with Gasteiger partial charge in [0.25, 0.3) is 0 Å². The second-order valence-corrected chi connectivity index (χ2v) is 6.24. The first kappa shape index (κ1) is 12.2. The fourth-order valence-electron chi connectivity index (χ4n) is 2.81. The van der Waals surface area contributed by atoms with Crippen molar-refractivity contribution in [3.05, 3.63) is 35.8 Å². The summed E-state index contributed by atoms with van der Waals surface area (Å²) in [6.45, 7) is 0. The molecule has 2 atom stereocenters. The van der Waals surface area contributed by atoms with Gasteiger partial charge in [-0.25, -0.2) is 4.39 Å². The molecule has 0 aliphatic heterocycles. The lowest BCUT2D eigenvalue weighted by molar-refractivity contribution is 0.455. The SMILES string of the molecule is Fc1cccc2cc(C3CCCCCC3Br)oc12. The Kier molecular flexibility index (Phi) is 3.42. The van der Waals surface area contributed by atoms with Gasteiger partial charge in [0.1, 0.15) is 5.76 Å². The molecule has 3 rings (SSSR count). The van der Waals surface area contributed by atoms with Gasteiger partial charge in [0.2, 0.25) is 0 Å². The fourth-order valence-corrected chi connectivity index (χ4v) is 3.66. The maximum atomic E-state index is 13.6. The molecule has 1 nitrogen and oxygen atoms in total. The van der Waals surface area contributed by atoms with Crippen molar-refractivity contribution >= 4 is 26.9 Å². The summed E-state index contributed by atoms with van der Waals surface area (Å²) in [7, 11) is 0. The van der Waals surface area contributed by atoms with Crippen molar-refractivity contribution in [1.29, 1.82) is 0 Å². The maximum Gasteiger partial charge on any atom is 0.169 e. The van der Waals surface area contributed by atoms with Crippen LogP contribution in [0.3, 0.4) is 0 Å². The molecule has 1 heterocycles. The van der Waals surface area contributed by atoms with Crippen molar-refractivity contribution in [2.75, 3.05) is 0 Å². The van der Waals surface area contributed by atoms with Gasteiger partial charge in [-0.3, -0.25) is 0 Å². The molecule has 2 unspecified atom stereocenters. The first-order chi connectivity index (χ1) is 8.75. The number of alkyl halides is 1. The number of hydrogen-bond donors (Lipinski definition) is 0. The molecule has 0 N–H and O–H groups in total. The third-order valence-corrected chi connectivity index (χ3v) is 4.91. The van der Waals surface area contributed by atoms with E-state index in [0.29, 0.717) is 16.3 Å². The van der Waals surface area contributed by atoms with Crippen LogP contribution in [-0.4, -0.2) is 4.83 Å². The molecule has 2 aromatic rings. The molecule has 0 spiro atoms. The Bertz CT molecular complexity index is 548. The molecule has 1 fully saturated rings. The van der Waals surface area contributed by atoms with E-state index in [2.05, 4.69) is 15.9 Å². The normalized spacial score (nSPS) is 25.2. The number of halogens is 2. The Hall–Kier alpha value is -0.830. The third-order valence-electron chi connectivity index (χ3n) is 3.81. The predicted octanol–water partition coefficient (Wildman–Crippen LogP) is 5.38. The monoisotopic (exact) mass is 310 g/mol. The van der Waals surface area contributed by atoms with Gasteiger partial charge in [0.15, 0.2) is 11.4 Å². The molecule has 1 aliphatic rings. The van der Waals surface area contributed by atoms with Crippen molar-refractivity contribution in [2.24, 2.45) is 0 Å². The number of benzene rings is 1. The second kappa shape index (κ2) is 5.04. The highest BCUT2D eigenvalue weighted by Crippen LogP contribution is 2.38. The highest BCUT2D eigenvalue weighted by atomic mass is 79.9. The molecular formula is C15H16BrFO. The molecular weight excluding hydrogens is 295 g/mol. The van der Waals surface area contributed by atoms with E-state index in [9.17, 15) is 4.39 Å². The van der Waals surface area contributed by atoms with Crippen molar-refractivity contribution in [2.45, 2.75) is 42.8 Å². The molecule has 1 aliphatic carbocycles. The molecule has 3 heteroatoms. The van der Waals surface area contributed by atoms with E-state index in [1.807, 2.05) is 12.1 Å². The molecule has 0 amide bonds. The Morgan fingerprint density at radius 2 is 2.00 bits per heavy atom. The summed E-state index contributed by atoms with van der Waals surface area (Å²) in [6, 6.07) is 7.10. The molecule has 1 aromatic carbocycles. The standard InChI is InChI=1S/C15H16BrFO/c16-12-7-3-1-2-6-11(12)14-9-10-5-4-8-13(17)15(10)18-14/h4-5,8-9,11-12H,1-3,6-7H2. The zero-order chi connectivity index (χ0) is 12.5. The van der Waals surface area contributed by atoms with Crippen LogP contribution in [0.2, 0.25) is 0 Å². The quantitative estimate of drug-likeness (QED) is 0.509. The van der Waals surface area contributed by atoms with E-state index < -0.39 is 0 Å². The van der Waals surface area contributed by atoms with Crippen LogP contribution in [0, 0.1) is 5.82 Å². The summed E-state index contributed by atoms with van der Waals surface area (Å²) in [4.78, 5) is 0.448. The highest BCUT2D eigenvalue weighted by Gasteiger charge is 2.26. The van der Waals surface area contributed by atoms with E-state index in [0.717, 1.165) is 17.6 Å². The van der Waals surface area contributed by atoms with Crippen LogP contribution >= 0.6 is 15.9 Å². The predicted molar refractivity (Wildman–Crippen MR) is 74.7 cm³/mol. The summed E-state index contributed by atoms with van der Waals surface area (Å²) >= 11 is 3.76. The number of hydrogen-bond acceptors (Lipinski definition) is 1. The molecule has 1 saturated carbocycles. The van der Waals surface area contributed by atoms with Crippen molar-refractivity contribution < 1.29 is 8.81 Å². The molecule has 96 valence electrons. The number of fused-ring (bicyclic) bond motifs is 1. The summed E-state index contributed by atoms with van der Waals surface area (Å²) in [5, 5.41) is 0.869. The highest BCUT2D eigenvalue weighted by molar-refractivity contribution is 9.09. The number of para-hydroxylation sites is 1. The van der Waals surface area contributed by atoms with Crippen LogP contribution in [-0.2, 0) is 0 Å². The third kappa shape index (κ3) is 2.20.